The first-order chi connectivity index (χ1) is 12.9. The van der Waals surface area contributed by atoms with Crippen LogP contribution in [0.3, 0.4) is 0 Å². The third kappa shape index (κ3) is 7.74. The minimum atomic E-state index is -0.489. The lowest BCUT2D eigenvalue weighted by Gasteiger charge is -2.09. The zero-order chi connectivity index (χ0) is 19.6. The van der Waals surface area contributed by atoms with Gasteiger partial charge in [0, 0.05) is 12.5 Å². The molecular formula is C19H25N3O4S. The molecule has 27 heavy (non-hydrogen) atoms. The Morgan fingerprint density at radius 3 is 2.67 bits per heavy atom. The van der Waals surface area contributed by atoms with E-state index in [2.05, 4.69) is 15.6 Å². The maximum Gasteiger partial charge on any atom is 0.306 e. The maximum atomic E-state index is 11.7. The first-order valence-electron chi connectivity index (χ1n) is 9.00. The van der Waals surface area contributed by atoms with Crippen LogP contribution >= 0.6 is 11.3 Å². The molecule has 0 unspecified atom stereocenters. The van der Waals surface area contributed by atoms with Crippen molar-refractivity contribution in [3.8, 4) is 0 Å². The lowest BCUT2D eigenvalue weighted by atomic mass is 10.2. The Kier molecular flexibility index (Phi) is 8.19. The first-order valence-corrected chi connectivity index (χ1v) is 9.82. The van der Waals surface area contributed by atoms with Crippen LogP contribution in [0.25, 0.3) is 10.2 Å². The van der Waals surface area contributed by atoms with Crippen LogP contribution in [-0.4, -0.2) is 42.0 Å². The zero-order valence-electron chi connectivity index (χ0n) is 15.6. The molecule has 2 aromatic rings. The van der Waals surface area contributed by atoms with Gasteiger partial charge in [-0.2, -0.15) is 0 Å². The summed E-state index contributed by atoms with van der Waals surface area (Å²) in [5.41, 5.74) is 1.00. The zero-order valence-corrected chi connectivity index (χ0v) is 16.4. The average molecular weight is 391 g/mol. The molecule has 0 bridgehead atoms. The van der Waals surface area contributed by atoms with E-state index in [0.717, 1.165) is 23.4 Å². The van der Waals surface area contributed by atoms with E-state index >= 15 is 0 Å². The summed E-state index contributed by atoms with van der Waals surface area (Å²) in [4.78, 5) is 39.2. The Hall–Kier alpha value is -2.48. The second-order valence-electron chi connectivity index (χ2n) is 6.44. The van der Waals surface area contributed by atoms with Crippen molar-refractivity contribution in [2.75, 3.05) is 13.2 Å². The van der Waals surface area contributed by atoms with E-state index in [4.69, 9.17) is 4.74 Å². The molecule has 0 aliphatic rings. The molecule has 7 nitrogen and oxygen atoms in total. The van der Waals surface area contributed by atoms with E-state index in [9.17, 15) is 14.4 Å². The van der Waals surface area contributed by atoms with Crippen LogP contribution in [0.1, 0.15) is 38.1 Å². The third-order valence-electron chi connectivity index (χ3n) is 3.62. The van der Waals surface area contributed by atoms with Gasteiger partial charge >= 0.3 is 5.97 Å². The molecule has 0 spiro atoms. The number of nitrogens with one attached hydrogen (secondary N) is 2. The number of fused-ring (bicyclic) bond motifs is 1. The number of hydrogen-bond acceptors (Lipinski definition) is 6. The molecule has 1 aromatic carbocycles. The van der Waals surface area contributed by atoms with Crippen LogP contribution in [0.4, 0.5) is 0 Å². The van der Waals surface area contributed by atoms with Gasteiger partial charge in [-0.05, 0) is 45.2 Å². The summed E-state index contributed by atoms with van der Waals surface area (Å²) in [5, 5.41) is 6.12. The number of nitrogens with zero attached hydrogens (tertiary/aromatic N) is 1. The molecule has 1 heterocycles. The predicted molar refractivity (Wildman–Crippen MR) is 104 cm³/mol. The van der Waals surface area contributed by atoms with Crippen LogP contribution in [-0.2, 0) is 25.5 Å². The van der Waals surface area contributed by atoms with Crippen molar-refractivity contribution in [1.29, 1.82) is 0 Å². The standard InChI is InChI=1S/C19H25N3O4S/c1-13(2)21-16(23)11-20-17(24)12-26-19(25)10-6-5-9-18-22-14-7-3-4-8-15(14)27-18/h3-4,7-8,13H,5-6,9-12H2,1-2H3,(H,20,24)(H,21,23). The number of esters is 1. The quantitative estimate of drug-likeness (QED) is 0.478. The van der Waals surface area contributed by atoms with E-state index in [1.807, 2.05) is 38.1 Å². The first kappa shape index (κ1) is 20.8. The summed E-state index contributed by atoms with van der Waals surface area (Å²) < 4.78 is 6.09. The molecule has 0 saturated carbocycles. The van der Waals surface area contributed by atoms with Gasteiger partial charge in [0.2, 0.25) is 5.91 Å². The second kappa shape index (κ2) is 10.6. The number of amides is 2. The maximum absolute atomic E-state index is 11.7. The predicted octanol–water partition coefficient (Wildman–Crippen LogP) is 2.19. The van der Waals surface area contributed by atoms with E-state index in [0.29, 0.717) is 6.42 Å². The van der Waals surface area contributed by atoms with Gasteiger partial charge in [0.25, 0.3) is 5.91 Å². The molecular weight excluding hydrogens is 366 g/mol. The average Bonchev–Trinajstić information content (AvgIpc) is 3.04. The minimum absolute atomic E-state index is 0.00925. The van der Waals surface area contributed by atoms with Gasteiger partial charge in [-0.3, -0.25) is 14.4 Å². The molecule has 0 radical (unpaired) electrons. The summed E-state index contributed by atoms with van der Waals surface area (Å²) in [7, 11) is 0. The number of benzene rings is 1. The highest BCUT2D eigenvalue weighted by molar-refractivity contribution is 7.18. The Balaban J connectivity index is 1.56. The van der Waals surface area contributed by atoms with Crippen LogP contribution < -0.4 is 10.6 Å². The Bertz CT molecular complexity index is 755. The van der Waals surface area contributed by atoms with Crippen molar-refractivity contribution in [3.05, 3.63) is 29.3 Å². The Labute approximate surface area is 162 Å². The minimum Gasteiger partial charge on any atom is -0.456 e. The molecule has 0 saturated heterocycles. The number of ether oxygens (including phenoxy) is 1. The van der Waals surface area contributed by atoms with Gasteiger partial charge < -0.3 is 15.4 Å². The number of unbranched alkanes of at least 4 members (excludes halogenated alkanes) is 1. The van der Waals surface area contributed by atoms with E-state index in [1.54, 1.807) is 11.3 Å². The monoisotopic (exact) mass is 391 g/mol. The number of para-hydroxylation sites is 1. The molecule has 2 N–H and O–H groups in total. The lowest BCUT2D eigenvalue weighted by molar-refractivity contribution is -0.148. The third-order valence-corrected chi connectivity index (χ3v) is 4.72. The fourth-order valence-corrected chi connectivity index (χ4v) is 3.40. The number of carbonyl (C=O) groups excluding carboxylic acids is 3. The SMILES string of the molecule is CC(C)NC(=O)CNC(=O)COC(=O)CCCCc1nc2ccccc2s1. The number of carbonyl (C=O) groups is 3. The molecule has 2 rings (SSSR count). The molecule has 2 amide bonds. The highest BCUT2D eigenvalue weighted by Crippen LogP contribution is 2.22. The number of thiazole rings is 1. The van der Waals surface area contributed by atoms with Crippen LogP contribution in [0, 0.1) is 0 Å². The highest BCUT2D eigenvalue weighted by Gasteiger charge is 2.10. The van der Waals surface area contributed by atoms with Gasteiger partial charge in [-0.25, -0.2) is 4.98 Å². The summed E-state index contributed by atoms with van der Waals surface area (Å²) in [5.74, 6) is -1.18. The van der Waals surface area contributed by atoms with E-state index in [-0.39, 0.29) is 31.5 Å². The lowest BCUT2D eigenvalue weighted by Crippen LogP contribution is -2.41. The molecule has 0 aliphatic carbocycles. The van der Waals surface area contributed by atoms with E-state index in [1.165, 1.54) is 4.70 Å². The van der Waals surface area contributed by atoms with Crippen molar-refractivity contribution in [1.82, 2.24) is 15.6 Å². The number of hydrogen-bond donors (Lipinski definition) is 2. The largest absolute Gasteiger partial charge is 0.456 e. The number of aryl methyl sites for hydroxylation is 1. The Morgan fingerprint density at radius 2 is 1.93 bits per heavy atom. The highest BCUT2D eigenvalue weighted by atomic mass is 32.1. The van der Waals surface area contributed by atoms with Crippen molar-refractivity contribution in [2.45, 2.75) is 45.6 Å². The van der Waals surface area contributed by atoms with E-state index < -0.39 is 11.9 Å². The van der Waals surface area contributed by atoms with Crippen LogP contribution in [0.15, 0.2) is 24.3 Å². The second-order valence-corrected chi connectivity index (χ2v) is 7.56. The molecule has 146 valence electrons. The summed E-state index contributed by atoms with van der Waals surface area (Å²) in [6.07, 6.45) is 2.58. The molecule has 1 aromatic heterocycles. The summed E-state index contributed by atoms with van der Waals surface area (Å²) in [6, 6.07) is 8.01. The Morgan fingerprint density at radius 1 is 1.15 bits per heavy atom. The van der Waals surface area contributed by atoms with Crippen LogP contribution in [0.5, 0.6) is 0 Å². The van der Waals surface area contributed by atoms with Crippen molar-refractivity contribution < 1.29 is 19.1 Å². The molecule has 8 heteroatoms. The van der Waals surface area contributed by atoms with Gasteiger partial charge in [0.05, 0.1) is 21.8 Å². The molecule has 0 fully saturated rings. The van der Waals surface area contributed by atoms with Gasteiger partial charge in [0.15, 0.2) is 6.61 Å². The van der Waals surface area contributed by atoms with Gasteiger partial charge in [-0.1, -0.05) is 12.1 Å². The number of aromatic nitrogens is 1. The summed E-state index contributed by atoms with van der Waals surface area (Å²) in [6.45, 7) is 3.17. The fourth-order valence-electron chi connectivity index (χ4n) is 2.39. The van der Waals surface area contributed by atoms with Crippen molar-refractivity contribution >= 4 is 39.3 Å². The number of rotatable bonds is 10. The molecule has 0 aliphatic heterocycles. The normalized spacial score (nSPS) is 10.8. The smallest absolute Gasteiger partial charge is 0.306 e. The van der Waals surface area contributed by atoms with Crippen molar-refractivity contribution in [2.24, 2.45) is 0 Å². The van der Waals surface area contributed by atoms with Crippen molar-refractivity contribution in [3.63, 3.8) is 0 Å². The van der Waals surface area contributed by atoms with Crippen LogP contribution in [0.2, 0.25) is 0 Å². The topological polar surface area (TPSA) is 97.4 Å². The summed E-state index contributed by atoms with van der Waals surface area (Å²) >= 11 is 1.67. The van der Waals surface area contributed by atoms with Gasteiger partial charge in [-0.15, -0.1) is 11.3 Å². The molecule has 0 atom stereocenters. The van der Waals surface area contributed by atoms with Gasteiger partial charge in [0.1, 0.15) is 0 Å². The fraction of sp³-hybridized carbons (Fsp3) is 0.474.